The molecule has 0 saturated carbocycles. The number of hydrazone groups is 1. The van der Waals surface area contributed by atoms with Crippen LogP contribution in [0.1, 0.15) is 5.56 Å². The second-order valence-corrected chi connectivity index (χ2v) is 7.36. The Bertz CT molecular complexity index is 1100. The first-order valence-electron chi connectivity index (χ1n) is 9.88. The summed E-state index contributed by atoms with van der Waals surface area (Å²) in [5.74, 6) is 0.751. The maximum atomic E-state index is 6.09. The van der Waals surface area contributed by atoms with Gasteiger partial charge in [-0.15, -0.1) is 0 Å². The van der Waals surface area contributed by atoms with Gasteiger partial charge in [-0.1, -0.05) is 36.4 Å². The molecule has 0 atom stereocenters. The Kier molecular flexibility index (Phi) is 4.62. The molecule has 29 heavy (non-hydrogen) atoms. The second kappa shape index (κ2) is 7.56. The highest BCUT2D eigenvalue weighted by Crippen LogP contribution is 2.29. The fraction of sp³-hybridized carbons (Fsp3) is 0.217. The molecule has 1 aliphatic rings. The van der Waals surface area contributed by atoms with E-state index in [4.69, 9.17) is 14.6 Å². The number of fused-ring (bicyclic) bond motifs is 1. The molecule has 3 heterocycles. The van der Waals surface area contributed by atoms with Gasteiger partial charge in [0.25, 0.3) is 0 Å². The fourth-order valence-corrected chi connectivity index (χ4v) is 3.54. The first-order chi connectivity index (χ1) is 14.3. The molecule has 0 spiro atoms. The molecule has 0 amide bonds. The predicted molar refractivity (Wildman–Crippen MR) is 115 cm³/mol. The first-order valence-corrected chi connectivity index (χ1v) is 9.88. The van der Waals surface area contributed by atoms with Gasteiger partial charge >= 0.3 is 0 Å². The predicted octanol–water partition coefficient (Wildman–Crippen LogP) is 3.87. The van der Waals surface area contributed by atoms with Crippen molar-refractivity contribution < 1.29 is 4.42 Å². The summed E-state index contributed by atoms with van der Waals surface area (Å²) in [5.41, 5.74) is 3.59. The largest absolute Gasteiger partial charge is 0.454 e. The number of likely N-dealkylation sites (N-methyl/N-ethyl adjacent to an activating group) is 1. The van der Waals surface area contributed by atoms with E-state index in [1.165, 1.54) is 0 Å². The Hall–Kier alpha value is -3.38. The van der Waals surface area contributed by atoms with Crippen molar-refractivity contribution in [3.63, 3.8) is 0 Å². The molecular weight excluding hydrogens is 362 g/mol. The maximum Gasteiger partial charge on any atom is 0.156 e. The van der Waals surface area contributed by atoms with Gasteiger partial charge < -0.3 is 9.32 Å². The van der Waals surface area contributed by atoms with E-state index in [9.17, 15) is 0 Å². The monoisotopic (exact) mass is 385 g/mol. The molecular formula is C23H23N5O. The molecule has 1 aliphatic heterocycles. The van der Waals surface area contributed by atoms with Gasteiger partial charge in [0.15, 0.2) is 5.76 Å². The van der Waals surface area contributed by atoms with Crippen LogP contribution in [0.2, 0.25) is 0 Å². The Balaban J connectivity index is 1.54. The first kappa shape index (κ1) is 17.7. The van der Waals surface area contributed by atoms with Crippen molar-refractivity contribution in [2.45, 2.75) is 0 Å². The fourth-order valence-electron chi connectivity index (χ4n) is 3.54. The summed E-state index contributed by atoms with van der Waals surface area (Å²) in [6.45, 7) is 3.91. The third kappa shape index (κ3) is 3.67. The van der Waals surface area contributed by atoms with Crippen molar-refractivity contribution in [2.24, 2.45) is 5.10 Å². The molecule has 0 radical (unpaired) electrons. The zero-order valence-corrected chi connectivity index (χ0v) is 16.4. The van der Waals surface area contributed by atoms with Gasteiger partial charge in [-0.3, -0.25) is 5.01 Å². The average Bonchev–Trinajstić information content (AvgIpc) is 3.38. The van der Waals surface area contributed by atoms with Crippen molar-refractivity contribution in [3.8, 4) is 17.1 Å². The Labute approximate surface area is 169 Å². The summed E-state index contributed by atoms with van der Waals surface area (Å²) < 4.78 is 7.97. The summed E-state index contributed by atoms with van der Waals surface area (Å²) in [4.78, 5) is 2.32. The highest BCUT2D eigenvalue weighted by Gasteiger charge is 2.16. The van der Waals surface area contributed by atoms with Crippen LogP contribution in [-0.2, 0) is 0 Å². The number of hydrogen-bond donors (Lipinski definition) is 0. The number of hydrogen-bond acceptors (Lipinski definition) is 5. The van der Waals surface area contributed by atoms with Gasteiger partial charge in [0.1, 0.15) is 11.3 Å². The molecule has 4 aromatic rings. The number of furan rings is 1. The summed E-state index contributed by atoms with van der Waals surface area (Å²) >= 11 is 0. The number of aromatic nitrogens is 2. The third-order valence-electron chi connectivity index (χ3n) is 5.26. The van der Waals surface area contributed by atoms with Crippen LogP contribution in [0.3, 0.4) is 0 Å². The summed E-state index contributed by atoms with van der Waals surface area (Å²) in [6, 6.07) is 20.2. The lowest BCUT2D eigenvalue weighted by Crippen LogP contribution is -2.41. The van der Waals surface area contributed by atoms with Gasteiger partial charge in [0.05, 0.1) is 11.9 Å². The highest BCUT2D eigenvalue weighted by atomic mass is 16.3. The number of nitrogens with zero attached hydrogens (tertiary/aromatic N) is 5. The van der Waals surface area contributed by atoms with Gasteiger partial charge in [-0.2, -0.15) is 10.2 Å². The minimum Gasteiger partial charge on any atom is -0.454 e. The van der Waals surface area contributed by atoms with E-state index >= 15 is 0 Å². The number of para-hydroxylation sites is 2. The molecule has 1 saturated heterocycles. The van der Waals surface area contributed by atoms with Crippen LogP contribution < -0.4 is 0 Å². The van der Waals surface area contributed by atoms with Crippen molar-refractivity contribution in [2.75, 3.05) is 33.2 Å². The third-order valence-corrected chi connectivity index (χ3v) is 5.26. The van der Waals surface area contributed by atoms with Crippen LogP contribution in [0.25, 0.3) is 28.1 Å². The standard InChI is InChI=1S/C23H23N5O/c1-26-11-13-27(14-12-26)24-16-19-17-28(20-8-3-2-4-9-20)25-23(19)22-15-18-7-5-6-10-21(18)29-22/h2-10,15-17H,11-14H2,1H3. The van der Waals surface area contributed by atoms with Crippen LogP contribution in [0.15, 0.2) is 76.4 Å². The quantitative estimate of drug-likeness (QED) is 0.501. The van der Waals surface area contributed by atoms with Crippen molar-refractivity contribution >= 4 is 17.2 Å². The summed E-state index contributed by atoms with van der Waals surface area (Å²) in [5, 5.41) is 12.7. The van der Waals surface area contributed by atoms with Gasteiger partial charge in [0, 0.05) is 43.3 Å². The van der Waals surface area contributed by atoms with E-state index in [1.807, 2.05) is 71.7 Å². The average molecular weight is 385 g/mol. The normalized spacial score (nSPS) is 15.6. The topological polar surface area (TPSA) is 49.8 Å². The molecule has 0 N–H and O–H groups in total. The minimum absolute atomic E-state index is 0.751. The van der Waals surface area contributed by atoms with Crippen LogP contribution in [0.4, 0.5) is 0 Å². The van der Waals surface area contributed by atoms with Gasteiger partial charge in [-0.05, 0) is 31.3 Å². The van der Waals surface area contributed by atoms with E-state index in [-0.39, 0.29) is 0 Å². The molecule has 6 heteroatoms. The van der Waals surface area contributed by atoms with Crippen LogP contribution in [-0.4, -0.2) is 59.1 Å². The lowest BCUT2D eigenvalue weighted by Gasteiger charge is -2.30. The second-order valence-electron chi connectivity index (χ2n) is 7.36. The lowest BCUT2D eigenvalue weighted by atomic mass is 10.2. The van der Waals surface area contributed by atoms with Gasteiger partial charge in [0.2, 0.25) is 0 Å². The Morgan fingerprint density at radius 2 is 1.72 bits per heavy atom. The molecule has 0 unspecified atom stereocenters. The van der Waals surface area contributed by atoms with Crippen molar-refractivity contribution in [1.82, 2.24) is 19.7 Å². The van der Waals surface area contributed by atoms with E-state index < -0.39 is 0 Å². The van der Waals surface area contributed by atoms with Crippen LogP contribution >= 0.6 is 0 Å². The van der Waals surface area contributed by atoms with Gasteiger partial charge in [-0.25, -0.2) is 4.68 Å². The van der Waals surface area contributed by atoms with E-state index in [1.54, 1.807) is 0 Å². The number of piperazine rings is 1. The minimum atomic E-state index is 0.751. The smallest absolute Gasteiger partial charge is 0.156 e. The Morgan fingerprint density at radius 1 is 0.966 bits per heavy atom. The lowest BCUT2D eigenvalue weighted by molar-refractivity contribution is 0.159. The molecule has 0 bridgehead atoms. The van der Waals surface area contributed by atoms with Crippen molar-refractivity contribution in [3.05, 3.63) is 72.4 Å². The molecule has 1 fully saturated rings. The number of benzene rings is 2. The molecule has 146 valence electrons. The zero-order valence-electron chi connectivity index (χ0n) is 16.4. The Morgan fingerprint density at radius 3 is 2.52 bits per heavy atom. The molecule has 6 nitrogen and oxygen atoms in total. The molecule has 2 aromatic heterocycles. The highest BCUT2D eigenvalue weighted by molar-refractivity contribution is 5.90. The maximum absolute atomic E-state index is 6.09. The number of rotatable bonds is 4. The summed E-state index contributed by atoms with van der Waals surface area (Å²) in [7, 11) is 2.14. The molecule has 0 aliphatic carbocycles. The molecule has 2 aromatic carbocycles. The van der Waals surface area contributed by atoms with Crippen molar-refractivity contribution in [1.29, 1.82) is 0 Å². The van der Waals surface area contributed by atoms with Crippen LogP contribution in [0.5, 0.6) is 0 Å². The summed E-state index contributed by atoms with van der Waals surface area (Å²) in [6.07, 6.45) is 3.91. The zero-order chi connectivity index (χ0) is 19.6. The van der Waals surface area contributed by atoms with E-state index in [0.29, 0.717) is 0 Å². The molecule has 5 rings (SSSR count). The van der Waals surface area contributed by atoms with Crippen LogP contribution in [0, 0.1) is 0 Å². The van der Waals surface area contributed by atoms with E-state index in [2.05, 4.69) is 23.0 Å². The van der Waals surface area contributed by atoms with E-state index in [0.717, 1.165) is 59.9 Å². The SMILES string of the molecule is CN1CCN(N=Cc2cn(-c3ccccc3)nc2-c2cc3ccccc3o2)CC1.